The van der Waals surface area contributed by atoms with E-state index in [9.17, 15) is 4.79 Å². The van der Waals surface area contributed by atoms with Crippen LogP contribution >= 0.6 is 27.5 Å². The quantitative estimate of drug-likeness (QED) is 0.917. The lowest BCUT2D eigenvalue weighted by Gasteiger charge is -2.13. The van der Waals surface area contributed by atoms with Gasteiger partial charge in [-0.15, -0.1) is 0 Å². The summed E-state index contributed by atoms with van der Waals surface area (Å²) in [5.74, 6) is 0.677. The van der Waals surface area contributed by atoms with Gasteiger partial charge in [0.2, 0.25) is 0 Å². The van der Waals surface area contributed by atoms with Crippen LogP contribution in [0.3, 0.4) is 0 Å². The molecule has 0 aliphatic carbocycles. The lowest BCUT2D eigenvalue weighted by Crippen LogP contribution is -2.23. The summed E-state index contributed by atoms with van der Waals surface area (Å²) >= 11 is 9.26. The van der Waals surface area contributed by atoms with Gasteiger partial charge in [0.1, 0.15) is 5.75 Å². The maximum absolute atomic E-state index is 12.2. The van der Waals surface area contributed by atoms with Gasteiger partial charge in [0, 0.05) is 16.8 Å². The summed E-state index contributed by atoms with van der Waals surface area (Å²) in [7, 11) is 1.58. The van der Waals surface area contributed by atoms with Gasteiger partial charge in [-0.1, -0.05) is 11.6 Å². The molecular weight excluding hydrogens is 344 g/mol. The normalized spacial score (nSPS) is 10.6. The molecule has 20 heavy (non-hydrogen) atoms. The fourth-order valence-electron chi connectivity index (χ4n) is 1.91. The molecule has 1 aromatic heterocycles. The number of nitrogens with two attached hydrogens (primary N) is 1. The first-order valence-corrected chi connectivity index (χ1v) is 7.08. The summed E-state index contributed by atoms with van der Waals surface area (Å²) in [6.07, 6.45) is 1.63. The molecule has 2 N–H and O–H groups in total. The number of nitrogen functional groups attached to an aromatic ring is 1. The van der Waals surface area contributed by atoms with Crippen molar-refractivity contribution < 1.29 is 4.74 Å². The van der Waals surface area contributed by atoms with E-state index < -0.39 is 0 Å². The molecule has 6 heteroatoms. The van der Waals surface area contributed by atoms with Crippen LogP contribution in [-0.2, 0) is 6.54 Å². The van der Waals surface area contributed by atoms with Crippen molar-refractivity contribution in [3.05, 3.63) is 55.4 Å². The van der Waals surface area contributed by atoms with E-state index in [0.717, 1.165) is 11.1 Å². The Hall–Kier alpha value is -1.46. The van der Waals surface area contributed by atoms with E-state index in [2.05, 4.69) is 15.9 Å². The van der Waals surface area contributed by atoms with Crippen molar-refractivity contribution >= 4 is 33.2 Å². The number of hydrogen-bond acceptors (Lipinski definition) is 3. The van der Waals surface area contributed by atoms with Crippen molar-refractivity contribution in [1.82, 2.24) is 4.57 Å². The molecule has 0 aliphatic rings. The van der Waals surface area contributed by atoms with Crippen LogP contribution in [0, 0.1) is 6.92 Å². The number of nitrogens with zero attached hydrogens (tertiary/aromatic N) is 1. The number of rotatable bonds is 3. The van der Waals surface area contributed by atoms with E-state index in [4.69, 9.17) is 22.1 Å². The van der Waals surface area contributed by atoms with E-state index >= 15 is 0 Å². The van der Waals surface area contributed by atoms with Crippen molar-refractivity contribution in [3.8, 4) is 5.75 Å². The Morgan fingerprint density at radius 3 is 2.80 bits per heavy atom. The maximum Gasteiger partial charge on any atom is 0.265 e. The summed E-state index contributed by atoms with van der Waals surface area (Å²) in [5, 5.41) is 0.591. The van der Waals surface area contributed by atoms with Crippen molar-refractivity contribution in [2.75, 3.05) is 12.8 Å². The molecule has 4 nitrogen and oxygen atoms in total. The SMILES string of the molecule is COc1ccc(Cl)cc1Cn1cc(N)c(C)c(Br)c1=O. The highest BCUT2D eigenvalue weighted by atomic mass is 79.9. The number of benzene rings is 1. The van der Waals surface area contributed by atoms with E-state index in [-0.39, 0.29) is 5.56 Å². The van der Waals surface area contributed by atoms with Crippen LogP contribution in [0.2, 0.25) is 5.02 Å². The average molecular weight is 358 g/mol. The van der Waals surface area contributed by atoms with Crippen LogP contribution in [0.1, 0.15) is 11.1 Å². The summed E-state index contributed by atoms with van der Waals surface area (Å²) in [6, 6.07) is 5.29. The molecule has 0 amide bonds. The van der Waals surface area contributed by atoms with Gasteiger partial charge in [-0.2, -0.15) is 0 Å². The Kier molecular flexibility index (Phi) is 4.40. The van der Waals surface area contributed by atoms with Gasteiger partial charge >= 0.3 is 0 Å². The van der Waals surface area contributed by atoms with E-state index in [0.29, 0.717) is 27.5 Å². The first-order chi connectivity index (χ1) is 9.43. The largest absolute Gasteiger partial charge is 0.496 e. The second kappa shape index (κ2) is 5.89. The number of pyridine rings is 1. The Bertz CT molecular complexity index is 713. The Morgan fingerprint density at radius 2 is 2.15 bits per heavy atom. The van der Waals surface area contributed by atoms with Crippen LogP contribution in [0.25, 0.3) is 0 Å². The third kappa shape index (κ3) is 2.83. The standard InChI is InChI=1S/C14H14BrClN2O2/c1-8-11(17)7-18(14(19)13(8)15)6-9-5-10(16)3-4-12(9)20-2/h3-5,7H,6,17H2,1-2H3. The van der Waals surface area contributed by atoms with Crippen molar-refractivity contribution in [1.29, 1.82) is 0 Å². The molecule has 0 bridgehead atoms. The maximum atomic E-state index is 12.2. The molecule has 0 unspecified atom stereocenters. The highest BCUT2D eigenvalue weighted by Gasteiger charge is 2.11. The molecule has 0 saturated heterocycles. The van der Waals surface area contributed by atoms with Crippen LogP contribution in [0.4, 0.5) is 5.69 Å². The summed E-state index contributed by atoms with van der Waals surface area (Å²) in [5.41, 5.74) is 7.87. The predicted molar refractivity (Wildman–Crippen MR) is 84.7 cm³/mol. The molecule has 0 fully saturated rings. The highest BCUT2D eigenvalue weighted by molar-refractivity contribution is 9.10. The van der Waals surface area contributed by atoms with Gasteiger partial charge in [0.15, 0.2) is 0 Å². The number of hydrogen-bond donors (Lipinski definition) is 1. The van der Waals surface area contributed by atoms with Crippen LogP contribution in [0.15, 0.2) is 33.7 Å². The smallest absolute Gasteiger partial charge is 0.265 e. The first kappa shape index (κ1) is 14.9. The predicted octanol–water partition coefficient (Wildman–Crippen LogP) is 3.21. The van der Waals surface area contributed by atoms with E-state index in [1.807, 2.05) is 0 Å². The number of halogens is 2. The lowest BCUT2D eigenvalue weighted by atomic mass is 10.2. The zero-order valence-electron chi connectivity index (χ0n) is 11.1. The number of methoxy groups -OCH3 is 1. The zero-order valence-corrected chi connectivity index (χ0v) is 13.5. The monoisotopic (exact) mass is 356 g/mol. The minimum absolute atomic E-state index is 0.140. The van der Waals surface area contributed by atoms with Crippen LogP contribution in [0.5, 0.6) is 5.75 Å². The first-order valence-electron chi connectivity index (χ1n) is 5.91. The number of ether oxygens (including phenoxy) is 1. The molecule has 0 radical (unpaired) electrons. The van der Waals surface area contributed by atoms with E-state index in [1.165, 1.54) is 4.57 Å². The fraction of sp³-hybridized carbons (Fsp3) is 0.214. The van der Waals surface area contributed by atoms with Crippen molar-refractivity contribution in [3.63, 3.8) is 0 Å². The van der Waals surface area contributed by atoms with Gasteiger partial charge in [0.25, 0.3) is 5.56 Å². The van der Waals surface area contributed by atoms with Gasteiger partial charge in [0.05, 0.1) is 23.8 Å². The molecule has 2 rings (SSSR count). The Labute approximate surface area is 130 Å². The minimum atomic E-state index is -0.140. The lowest BCUT2D eigenvalue weighted by molar-refractivity contribution is 0.408. The summed E-state index contributed by atoms with van der Waals surface area (Å²) in [4.78, 5) is 12.2. The molecule has 0 saturated carbocycles. The molecular formula is C14H14BrClN2O2. The molecule has 2 aromatic rings. The number of aromatic nitrogens is 1. The minimum Gasteiger partial charge on any atom is -0.496 e. The summed E-state index contributed by atoms with van der Waals surface area (Å²) in [6.45, 7) is 2.14. The Morgan fingerprint density at radius 1 is 1.45 bits per heavy atom. The van der Waals surface area contributed by atoms with Crippen LogP contribution < -0.4 is 16.0 Å². The second-order valence-electron chi connectivity index (χ2n) is 4.41. The van der Waals surface area contributed by atoms with Crippen molar-refractivity contribution in [2.45, 2.75) is 13.5 Å². The fourth-order valence-corrected chi connectivity index (χ4v) is 2.56. The molecule has 1 aromatic carbocycles. The van der Waals surface area contributed by atoms with Gasteiger partial charge in [-0.25, -0.2) is 0 Å². The molecule has 0 aliphatic heterocycles. The third-order valence-corrected chi connectivity index (χ3v) is 4.26. The third-order valence-electron chi connectivity index (χ3n) is 3.09. The average Bonchev–Trinajstić information content (AvgIpc) is 2.43. The number of anilines is 1. The summed E-state index contributed by atoms with van der Waals surface area (Å²) < 4.78 is 7.28. The molecule has 0 spiro atoms. The molecule has 106 valence electrons. The topological polar surface area (TPSA) is 57.2 Å². The Balaban J connectivity index is 2.51. The highest BCUT2D eigenvalue weighted by Crippen LogP contribution is 2.24. The molecule has 0 atom stereocenters. The zero-order chi connectivity index (χ0) is 14.9. The van der Waals surface area contributed by atoms with Gasteiger partial charge in [-0.05, 0) is 46.6 Å². The molecule has 1 heterocycles. The van der Waals surface area contributed by atoms with E-state index in [1.54, 1.807) is 38.4 Å². The second-order valence-corrected chi connectivity index (χ2v) is 5.64. The van der Waals surface area contributed by atoms with Crippen molar-refractivity contribution in [2.24, 2.45) is 0 Å². The van der Waals surface area contributed by atoms with Gasteiger partial charge in [-0.3, -0.25) is 4.79 Å². The van der Waals surface area contributed by atoms with Gasteiger partial charge < -0.3 is 15.0 Å². The van der Waals surface area contributed by atoms with Crippen LogP contribution in [-0.4, -0.2) is 11.7 Å².